The Morgan fingerprint density at radius 1 is 1.38 bits per heavy atom. The van der Waals surface area contributed by atoms with E-state index in [0.29, 0.717) is 0 Å². The van der Waals surface area contributed by atoms with Crippen LogP contribution in [0.5, 0.6) is 0 Å². The van der Waals surface area contributed by atoms with Crippen molar-refractivity contribution in [3.05, 3.63) is 29.6 Å². The van der Waals surface area contributed by atoms with Gasteiger partial charge < -0.3 is 10.5 Å². The lowest BCUT2D eigenvalue weighted by molar-refractivity contribution is -0.0386. The lowest BCUT2D eigenvalue weighted by atomic mass is 9.85. The molecule has 0 aromatic carbocycles. The Hall–Kier alpha value is -0.930. The van der Waals surface area contributed by atoms with Crippen LogP contribution in [0.15, 0.2) is 18.3 Å². The summed E-state index contributed by atoms with van der Waals surface area (Å²) in [7, 11) is 1.73. The number of aromatic nitrogens is 1. The summed E-state index contributed by atoms with van der Waals surface area (Å²) in [6, 6.07) is 3.90. The first-order valence-corrected chi connectivity index (χ1v) is 5.83. The van der Waals surface area contributed by atoms with Crippen LogP contribution in [-0.4, -0.2) is 17.7 Å². The van der Waals surface area contributed by atoms with Crippen molar-refractivity contribution in [1.82, 2.24) is 4.98 Å². The summed E-state index contributed by atoms with van der Waals surface area (Å²) in [6.45, 7) is 6.18. The van der Waals surface area contributed by atoms with E-state index < -0.39 is 0 Å². The maximum absolute atomic E-state index is 6.29. The van der Waals surface area contributed by atoms with Crippen LogP contribution in [0.2, 0.25) is 0 Å². The van der Waals surface area contributed by atoms with Crippen molar-refractivity contribution in [2.24, 2.45) is 5.73 Å². The SMILES string of the molecule is CCC(CC)(OC)C(N)c1ccc(C)nc1. The Morgan fingerprint density at radius 3 is 2.38 bits per heavy atom. The second kappa shape index (κ2) is 5.41. The minimum absolute atomic E-state index is 0.124. The predicted molar refractivity (Wildman–Crippen MR) is 66.2 cm³/mol. The molecule has 0 amide bonds. The van der Waals surface area contributed by atoms with Crippen molar-refractivity contribution in [1.29, 1.82) is 0 Å². The van der Waals surface area contributed by atoms with Crippen LogP contribution in [0.25, 0.3) is 0 Å². The molecule has 1 unspecified atom stereocenters. The van der Waals surface area contributed by atoms with Crippen LogP contribution in [-0.2, 0) is 4.74 Å². The van der Waals surface area contributed by atoms with E-state index in [9.17, 15) is 0 Å². The van der Waals surface area contributed by atoms with Crippen LogP contribution in [0, 0.1) is 6.92 Å². The molecule has 0 aliphatic carbocycles. The fraction of sp³-hybridized carbons (Fsp3) is 0.615. The minimum Gasteiger partial charge on any atom is -0.376 e. The highest BCUT2D eigenvalue weighted by Gasteiger charge is 2.34. The van der Waals surface area contributed by atoms with Crippen molar-refractivity contribution in [3.63, 3.8) is 0 Å². The molecular weight excluding hydrogens is 200 g/mol. The molecule has 1 heterocycles. The maximum Gasteiger partial charge on any atom is 0.0865 e. The van der Waals surface area contributed by atoms with Crippen molar-refractivity contribution in [2.75, 3.05) is 7.11 Å². The summed E-state index contributed by atoms with van der Waals surface area (Å²) in [4.78, 5) is 4.28. The Labute approximate surface area is 98.0 Å². The first-order valence-electron chi connectivity index (χ1n) is 5.83. The second-order valence-electron chi connectivity index (χ2n) is 4.19. The van der Waals surface area contributed by atoms with Crippen LogP contribution >= 0.6 is 0 Å². The second-order valence-corrected chi connectivity index (χ2v) is 4.19. The zero-order valence-electron chi connectivity index (χ0n) is 10.7. The third kappa shape index (κ3) is 2.42. The number of hydrogen-bond acceptors (Lipinski definition) is 3. The smallest absolute Gasteiger partial charge is 0.0865 e. The van der Waals surface area contributed by atoms with Gasteiger partial charge >= 0.3 is 0 Å². The number of nitrogens with two attached hydrogens (primary N) is 1. The monoisotopic (exact) mass is 222 g/mol. The van der Waals surface area contributed by atoms with Gasteiger partial charge in [-0.05, 0) is 31.4 Å². The molecule has 3 nitrogen and oxygen atoms in total. The third-order valence-corrected chi connectivity index (χ3v) is 3.46. The van der Waals surface area contributed by atoms with Crippen LogP contribution in [0.1, 0.15) is 44.0 Å². The summed E-state index contributed by atoms with van der Waals surface area (Å²) in [6.07, 6.45) is 3.64. The van der Waals surface area contributed by atoms with Gasteiger partial charge in [-0.1, -0.05) is 19.9 Å². The van der Waals surface area contributed by atoms with Crippen molar-refractivity contribution < 1.29 is 4.74 Å². The molecule has 0 bridgehead atoms. The number of methoxy groups -OCH3 is 1. The zero-order chi connectivity index (χ0) is 12.2. The van der Waals surface area contributed by atoms with Crippen LogP contribution in [0.3, 0.4) is 0 Å². The molecule has 1 rings (SSSR count). The highest BCUT2D eigenvalue weighted by molar-refractivity contribution is 5.20. The van der Waals surface area contributed by atoms with E-state index in [4.69, 9.17) is 10.5 Å². The maximum atomic E-state index is 6.29. The standard InChI is InChI=1S/C13H22N2O/c1-5-13(6-2,16-4)12(14)11-8-7-10(3)15-9-11/h7-9,12H,5-6,14H2,1-4H3. The predicted octanol–water partition coefficient (Wildman–Crippen LogP) is 2.60. The molecule has 0 aliphatic heterocycles. The molecular formula is C13H22N2O. The molecule has 0 aliphatic rings. The highest BCUT2D eigenvalue weighted by atomic mass is 16.5. The quantitative estimate of drug-likeness (QED) is 0.833. The molecule has 0 saturated heterocycles. The van der Waals surface area contributed by atoms with Gasteiger partial charge in [0.15, 0.2) is 0 Å². The Morgan fingerprint density at radius 2 is 2.00 bits per heavy atom. The van der Waals surface area contributed by atoms with E-state index in [-0.39, 0.29) is 11.6 Å². The number of nitrogens with zero attached hydrogens (tertiary/aromatic N) is 1. The van der Waals surface area contributed by atoms with Gasteiger partial charge in [-0.25, -0.2) is 0 Å². The molecule has 1 atom stereocenters. The average molecular weight is 222 g/mol. The molecule has 0 spiro atoms. The summed E-state index contributed by atoms with van der Waals surface area (Å²) in [5, 5.41) is 0. The molecule has 1 aromatic heterocycles. The first kappa shape index (κ1) is 13.1. The number of aryl methyl sites for hydroxylation is 1. The van der Waals surface area contributed by atoms with Crippen molar-refractivity contribution in [2.45, 2.75) is 45.3 Å². The van der Waals surface area contributed by atoms with E-state index in [1.807, 2.05) is 25.3 Å². The van der Waals surface area contributed by atoms with E-state index in [1.165, 1.54) is 0 Å². The van der Waals surface area contributed by atoms with Gasteiger partial charge in [0.25, 0.3) is 0 Å². The van der Waals surface area contributed by atoms with Gasteiger partial charge in [0.1, 0.15) is 0 Å². The van der Waals surface area contributed by atoms with E-state index in [0.717, 1.165) is 24.1 Å². The van der Waals surface area contributed by atoms with Crippen molar-refractivity contribution >= 4 is 0 Å². The molecule has 16 heavy (non-hydrogen) atoms. The Bertz CT molecular complexity index is 309. The minimum atomic E-state index is -0.281. The third-order valence-electron chi connectivity index (χ3n) is 3.46. The fourth-order valence-corrected chi connectivity index (χ4v) is 2.07. The number of hydrogen-bond donors (Lipinski definition) is 1. The summed E-state index contributed by atoms with van der Waals surface area (Å²) in [5.41, 5.74) is 8.05. The van der Waals surface area contributed by atoms with E-state index >= 15 is 0 Å². The number of pyridine rings is 1. The zero-order valence-corrected chi connectivity index (χ0v) is 10.7. The lowest BCUT2D eigenvalue weighted by Crippen LogP contribution is -2.42. The molecule has 3 heteroatoms. The molecule has 0 fully saturated rings. The molecule has 1 aromatic rings. The van der Waals surface area contributed by atoms with Crippen molar-refractivity contribution in [3.8, 4) is 0 Å². The summed E-state index contributed by atoms with van der Waals surface area (Å²) < 4.78 is 5.63. The molecule has 0 saturated carbocycles. The van der Waals surface area contributed by atoms with E-state index in [1.54, 1.807) is 7.11 Å². The van der Waals surface area contributed by atoms with Gasteiger partial charge in [0, 0.05) is 19.0 Å². The molecule has 2 N–H and O–H groups in total. The van der Waals surface area contributed by atoms with Crippen LogP contribution < -0.4 is 5.73 Å². The highest BCUT2D eigenvalue weighted by Crippen LogP contribution is 2.32. The topological polar surface area (TPSA) is 48.1 Å². The molecule has 0 radical (unpaired) electrons. The first-order chi connectivity index (χ1) is 7.59. The van der Waals surface area contributed by atoms with Gasteiger partial charge in [0.2, 0.25) is 0 Å². The Balaban J connectivity index is 2.98. The lowest BCUT2D eigenvalue weighted by Gasteiger charge is -2.36. The average Bonchev–Trinajstić information content (AvgIpc) is 2.33. The van der Waals surface area contributed by atoms with Gasteiger partial charge in [0.05, 0.1) is 11.6 Å². The summed E-state index contributed by atoms with van der Waals surface area (Å²) >= 11 is 0. The Kier molecular flexibility index (Phi) is 4.44. The van der Waals surface area contributed by atoms with Gasteiger partial charge in [-0.15, -0.1) is 0 Å². The van der Waals surface area contributed by atoms with Gasteiger partial charge in [-0.3, -0.25) is 4.98 Å². The number of ether oxygens (including phenoxy) is 1. The largest absolute Gasteiger partial charge is 0.376 e. The van der Waals surface area contributed by atoms with Crippen LogP contribution in [0.4, 0.5) is 0 Å². The summed E-state index contributed by atoms with van der Waals surface area (Å²) in [5.74, 6) is 0. The van der Waals surface area contributed by atoms with Gasteiger partial charge in [-0.2, -0.15) is 0 Å². The molecule has 90 valence electrons. The number of rotatable bonds is 5. The van der Waals surface area contributed by atoms with E-state index in [2.05, 4.69) is 18.8 Å². The normalized spacial score (nSPS) is 13.8. The fourth-order valence-electron chi connectivity index (χ4n) is 2.07.